The zero-order valence-electron chi connectivity index (χ0n) is 14.7. The third kappa shape index (κ3) is 5.52. The minimum absolute atomic E-state index is 0.251. The number of nitrogens with one attached hydrogen (secondary N) is 2. The minimum atomic E-state index is -0.251. The lowest BCUT2D eigenvalue weighted by atomic mass is 10.2. The van der Waals surface area contributed by atoms with Gasteiger partial charge in [-0.15, -0.1) is 0 Å². The van der Waals surface area contributed by atoms with Gasteiger partial charge in [-0.05, 0) is 42.0 Å². The lowest BCUT2D eigenvalue weighted by Gasteiger charge is -2.11. The van der Waals surface area contributed by atoms with E-state index in [1.807, 2.05) is 12.1 Å². The first-order valence-corrected chi connectivity index (χ1v) is 8.79. The highest BCUT2D eigenvalue weighted by molar-refractivity contribution is 6.30. The van der Waals surface area contributed by atoms with Gasteiger partial charge in [-0.3, -0.25) is 4.99 Å². The molecule has 27 heavy (non-hydrogen) atoms. The summed E-state index contributed by atoms with van der Waals surface area (Å²) in [6.07, 6.45) is 0.553. The molecule has 0 saturated carbocycles. The zero-order chi connectivity index (χ0) is 19.1. The van der Waals surface area contributed by atoms with Crippen LogP contribution in [0.1, 0.15) is 11.5 Å². The third-order valence-electron chi connectivity index (χ3n) is 3.80. The molecule has 6 nitrogen and oxygen atoms in total. The molecule has 3 rings (SSSR count). The van der Waals surface area contributed by atoms with Gasteiger partial charge >= 0.3 is 0 Å². The van der Waals surface area contributed by atoms with Crippen LogP contribution in [0.5, 0.6) is 0 Å². The van der Waals surface area contributed by atoms with Crippen molar-refractivity contribution in [2.24, 2.45) is 4.99 Å². The lowest BCUT2D eigenvalue weighted by molar-refractivity contribution is 0.378. The van der Waals surface area contributed by atoms with Gasteiger partial charge < -0.3 is 15.2 Å². The van der Waals surface area contributed by atoms with Crippen molar-refractivity contribution in [3.05, 3.63) is 70.8 Å². The Morgan fingerprint density at radius 2 is 1.85 bits per heavy atom. The van der Waals surface area contributed by atoms with Crippen molar-refractivity contribution >= 4 is 17.6 Å². The minimum Gasteiger partial charge on any atom is -0.356 e. The van der Waals surface area contributed by atoms with Crippen molar-refractivity contribution in [3.8, 4) is 11.4 Å². The van der Waals surface area contributed by atoms with Crippen molar-refractivity contribution in [2.45, 2.75) is 13.0 Å². The van der Waals surface area contributed by atoms with Crippen LogP contribution in [-0.2, 0) is 13.0 Å². The predicted molar refractivity (Wildman–Crippen MR) is 103 cm³/mol. The summed E-state index contributed by atoms with van der Waals surface area (Å²) in [6, 6.07) is 13.6. The number of hydrogen-bond donors (Lipinski definition) is 2. The van der Waals surface area contributed by atoms with Crippen LogP contribution in [0.15, 0.2) is 58.0 Å². The van der Waals surface area contributed by atoms with Crippen LogP contribution in [0.4, 0.5) is 4.39 Å². The Kier molecular flexibility index (Phi) is 6.38. The molecule has 0 bridgehead atoms. The maximum atomic E-state index is 12.9. The highest BCUT2D eigenvalue weighted by Crippen LogP contribution is 2.18. The predicted octanol–water partition coefficient (Wildman–Crippen LogP) is 3.44. The number of guanidine groups is 1. The molecule has 0 aliphatic rings. The fourth-order valence-corrected chi connectivity index (χ4v) is 2.50. The van der Waals surface area contributed by atoms with Crippen LogP contribution < -0.4 is 10.6 Å². The molecule has 1 aromatic heterocycles. The molecule has 2 aromatic carbocycles. The molecule has 140 valence electrons. The maximum Gasteiger partial charge on any atom is 0.228 e. The summed E-state index contributed by atoms with van der Waals surface area (Å²) in [5.74, 6) is 1.44. The summed E-state index contributed by atoms with van der Waals surface area (Å²) in [4.78, 5) is 8.53. The number of aromatic nitrogens is 2. The Labute approximate surface area is 161 Å². The summed E-state index contributed by atoms with van der Waals surface area (Å²) >= 11 is 5.88. The van der Waals surface area contributed by atoms with Gasteiger partial charge in [0.1, 0.15) is 5.82 Å². The van der Waals surface area contributed by atoms with Gasteiger partial charge in [-0.2, -0.15) is 4.98 Å². The van der Waals surface area contributed by atoms with E-state index in [1.54, 1.807) is 31.3 Å². The molecule has 0 radical (unpaired) electrons. The molecular weight excluding hydrogens is 369 g/mol. The number of benzene rings is 2. The summed E-state index contributed by atoms with van der Waals surface area (Å²) in [6.45, 7) is 1.12. The molecule has 0 amide bonds. The van der Waals surface area contributed by atoms with E-state index in [0.29, 0.717) is 42.2 Å². The molecule has 0 saturated heterocycles. The van der Waals surface area contributed by atoms with Crippen LogP contribution in [0, 0.1) is 5.82 Å². The first kappa shape index (κ1) is 18.8. The number of hydrogen-bond acceptors (Lipinski definition) is 4. The van der Waals surface area contributed by atoms with Crippen LogP contribution >= 0.6 is 11.6 Å². The third-order valence-corrected chi connectivity index (χ3v) is 4.05. The van der Waals surface area contributed by atoms with E-state index >= 15 is 0 Å². The number of aliphatic imine (C=N–C) groups is 1. The van der Waals surface area contributed by atoms with Gasteiger partial charge in [0.25, 0.3) is 0 Å². The molecule has 0 atom stereocenters. The Hall–Kier alpha value is -2.93. The van der Waals surface area contributed by atoms with Crippen molar-refractivity contribution in [2.75, 3.05) is 13.6 Å². The molecule has 0 aliphatic carbocycles. The standard InChI is InChI=1S/C19H19ClFN5O/c1-22-19(24-12-13-2-8-16(21)9-3-13)23-11-10-17-25-18(26-27-17)14-4-6-15(20)7-5-14/h2-9H,10-12H2,1H3,(H2,22,23,24). The monoisotopic (exact) mass is 387 g/mol. The smallest absolute Gasteiger partial charge is 0.228 e. The number of halogens is 2. The van der Waals surface area contributed by atoms with Crippen LogP contribution in [-0.4, -0.2) is 29.7 Å². The van der Waals surface area contributed by atoms with E-state index < -0.39 is 0 Å². The van der Waals surface area contributed by atoms with Gasteiger partial charge in [-0.25, -0.2) is 4.39 Å². The van der Waals surface area contributed by atoms with Gasteiger partial charge in [0.05, 0.1) is 0 Å². The summed E-state index contributed by atoms with van der Waals surface area (Å²) in [5, 5.41) is 11.0. The first-order valence-electron chi connectivity index (χ1n) is 8.41. The van der Waals surface area contributed by atoms with E-state index in [-0.39, 0.29) is 5.82 Å². The van der Waals surface area contributed by atoms with E-state index in [0.717, 1.165) is 11.1 Å². The highest BCUT2D eigenvalue weighted by atomic mass is 35.5. The quantitative estimate of drug-likeness (QED) is 0.500. The van der Waals surface area contributed by atoms with E-state index in [1.165, 1.54) is 12.1 Å². The molecule has 0 unspecified atom stereocenters. The Morgan fingerprint density at radius 1 is 1.11 bits per heavy atom. The Bertz CT molecular complexity index is 893. The first-order chi connectivity index (χ1) is 13.1. The van der Waals surface area contributed by atoms with Gasteiger partial charge in [0.2, 0.25) is 11.7 Å². The van der Waals surface area contributed by atoms with Crippen molar-refractivity contribution in [1.82, 2.24) is 20.8 Å². The SMILES string of the molecule is CN=C(NCCc1nc(-c2ccc(Cl)cc2)no1)NCc1ccc(F)cc1. The Morgan fingerprint density at radius 3 is 2.56 bits per heavy atom. The van der Waals surface area contributed by atoms with Crippen LogP contribution in [0.2, 0.25) is 5.02 Å². The van der Waals surface area contributed by atoms with Gasteiger partial charge in [-0.1, -0.05) is 28.9 Å². The summed E-state index contributed by atoms with van der Waals surface area (Å²) < 4.78 is 18.2. The van der Waals surface area contributed by atoms with Crippen LogP contribution in [0.3, 0.4) is 0 Å². The van der Waals surface area contributed by atoms with Gasteiger partial charge in [0.15, 0.2) is 5.96 Å². The largest absolute Gasteiger partial charge is 0.356 e. The average molecular weight is 388 g/mol. The molecule has 2 N–H and O–H groups in total. The molecule has 0 aliphatic heterocycles. The van der Waals surface area contributed by atoms with Crippen molar-refractivity contribution in [1.29, 1.82) is 0 Å². The molecule has 8 heteroatoms. The van der Waals surface area contributed by atoms with Gasteiger partial charge in [0, 0.05) is 37.1 Å². The van der Waals surface area contributed by atoms with E-state index in [2.05, 4.69) is 25.8 Å². The van der Waals surface area contributed by atoms with Crippen molar-refractivity contribution < 1.29 is 8.91 Å². The van der Waals surface area contributed by atoms with Crippen LogP contribution in [0.25, 0.3) is 11.4 Å². The second kappa shape index (κ2) is 9.14. The molecule has 1 heterocycles. The Balaban J connectivity index is 1.47. The molecule has 0 spiro atoms. The lowest BCUT2D eigenvalue weighted by Crippen LogP contribution is -2.37. The maximum absolute atomic E-state index is 12.9. The fourth-order valence-electron chi connectivity index (χ4n) is 2.37. The fraction of sp³-hybridized carbons (Fsp3) is 0.211. The number of nitrogens with zero attached hydrogens (tertiary/aromatic N) is 3. The van der Waals surface area contributed by atoms with E-state index in [9.17, 15) is 4.39 Å². The summed E-state index contributed by atoms with van der Waals surface area (Å²) in [7, 11) is 1.69. The number of rotatable bonds is 6. The van der Waals surface area contributed by atoms with E-state index in [4.69, 9.17) is 16.1 Å². The summed E-state index contributed by atoms with van der Waals surface area (Å²) in [5.41, 5.74) is 1.81. The normalized spacial score (nSPS) is 11.4. The average Bonchev–Trinajstić information content (AvgIpc) is 3.15. The molecule has 0 fully saturated rings. The molecular formula is C19H19ClFN5O. The van der Waals surface area contributed by atoms with Crippen molar-refractivity contribution in [3.63, 3.8) is 0 Å². The second-order valence-electron chi connectivity index (χ2n) is 5.75. The highest BCUT2D eigenvalue weighted by Gasteiger charge is 2.08. The topological polar surface area (TPSA) is 75.3 Å². The second-order valence-corrected chi connectivity index (χ2v) is 6.18. The molecule has 3 aromatic rings. The zero-order valence-corrected chi connectivity index (χ0v) is 15.5.